The van der Waals surface area contributed by atoms with Gasteiger partial charge in [0.1, 0.15) is 4.90 Å². The first-order valence-electron chi connectivity index (χ1n) is 6.91. The minimum Gasteiger partial charge on any atom is -0.379 e. The van der Waals surface area contributed by atoms with Crippen LogP contribution in [0.15, 0.2) is 14.7 Å². The first-order chi connectivity index (χ1) is 9.86. The molecule has 0 aliphatic heterocycles. The lowest BCUT2D eigenvalue weighted by molar-refractivity contribution is 0.0762. The van der Waals surface area contributed by atoms with Gasteiger partial charge in [0.25, 0.3) is 0 Å². The molecule has 2 N–H and O–H groups in total. The molecule has 0 saturated carbocycles. The second-order valence-corrected chi connectivity index (χ2v) is 9.10. The molecule has 0 fully saturated rings. The Bertz CT molecular complexity index is 530. The Kier molecular flexibility index (Phi) is 8.36. The molecule has 0 bridgehead atoms. The summed E-state index contributed by atoms with van der Waals surface area (Å²) in [5, 5.41) is 3.01. The van der Waals surface area contributed by atoms with Gasteiger partial charge in [0.2, 0.25) is 10.0 Å². The van der Waals surface area contributed by atoms with E-state index < -0.39 is 10.0 Å². The first kappa shape index (κ1) is 19.1. The average molecular weight is 399 g/mol. The van der Waals surface area contributed by atoms with Crippen LogP contribution in [0.2, 0.25) is 0 Å². The quantitative estimate of drug-likeness (QED) is 0.594. The van der Waals surface area contributed by atoms with E-state index in [1.165, 1.54) is 11.3 Å². The largest absolute Gasteiger partial charge is 0.379 e. The van der Waals surface area contributed by atoms with Crippen molar-refractivity contribution >= 4 is 37.3 Å². The second kappa shape index (κ2) is 9.22. The van der Waals surface area contributed by atoms with Gasteiger partial charge in [-0.3, -0.25) is 0 Å². The van der Waals surface area contributed by atoms with Gasteiger partial charge >= 0.3 is 0 Å². The van der Waals surface area contributed by atoms with Crippen molar-refractivity contribution in [3.8, 4) is 0 Å². The lowest BCUT2D eigenvalue weighted by atomic mass is 10.3. The van der Waals surface area contributed by atoms with Gasteiger partial charge in [0.15, 0.2) is 0 Å². The first-order valence-corrected chi connectivity index (χ1v) is 10.00. The van der Waals surface area contributed by atoms with Crippen molar-refractivity contribution in [2.75, 3.05) is 20.2 Å². The van der Waals surface area contributed by atoms with Crippen LogP contribution in [-0.2, 0) is 21.3 Å². The van der Waals surface area contributed by atoms with Crippen LogP contribution in [0, 0.1) is 0 Å². The van der Waals surface area contributed by atoms with E-state index in [1.807, 2.05) is 20.9 Å². The minimum absolute atomic E-state index is 0.217. The maximum atomic E-state index is 12.2. The number of sulfonamides is 1. The van der Waals surface area contributed by atoms with Gasteiger partial charge in [-0.25, -0.2) is 13.1 Å². The van der Waals surface area contributed by atoms with Gasteiger partial charge in [-0.15, -0.1) is 11.3 Å². The SMILES string of the molecule is CNCc1cc(S(=O)(=O)NCCCCOC(C)C)c(Br)s1. The van der Waals surface area contributed by atoms with Crippen LogP contribution < -0.4 is 10.0 Å². The third-order valence-corrected chi connectivity index (χ3v) is 6.37. The molecule has 1 heterocycles. The molecule has 122 valence electrons. The number of unbranched alkanes of at least 4 members (excludes halogenated alkanes) is 1. The molecule has 0 aliphatic rings. The van der Waals surface area contributed by atoms with Crippen molar-refractivity contribution in [1.29, 1.82) is 0 Å². The highest BCUT2D eigenvalue weighted by molar-refractivity contribution is 9.11. The van der Waals surface area contributed by atoms with Crippen LogP contribution >= 0.6 is 27.3 Å². The molecular weight excluding hydrogens is 376 g/mol. The Morgan fingerprint density at radius 1 is 1.38 bits per heavy atom. The van der Waals surface area contributed by atoms with E-state index >= 15 is 0 Å². The Labute approximate surface area is 139 Å². The highest BCUT2D eigenvalue weighted by Gasteiger charge is 2.20. The summed E-state index contributed by atoms with van der Waals surface area (Å²) in [4.78, 5) is 1.30. The number of hydrogen-bond donors (Lipinski definition) is 2. The number of thiophene rings is 1. The zero-order valence-corrected chi connectivity index (χ0v) is 15.8. The van der Waals surface area contributed by atoms with Crippen molar-refractivity contribution in [2.45, 2.75) is 44.2 Å². The molecular formula is C13H23BrN2O3S2. The maximum absolute atomic E-state index is 12.2. The van der Waals surface area contributed by atoms with Crippen molar-refractivity contribution in [3.63, 3.8) is 0 Å². The fourth-order valence-electron chi connectivity index (χ4n) is 1.67. The molecule has 0 unspecified atom stereocenters. The van der Waals surface area contributed by atoms with Gasteiger partial charge in [-0.05, 0) is 55.7 Å². The molecule has 1 aromatic heterocycles. The van der Waals surface area contributed by atoms with Crippen LogP contribution in [0.4, 0.5) is 0 Å². The smallest absolute Gasteiger partial charge is 0.242 e. The third kappa shape index (κ3) is 6.75. The predicted octanol–water partition coefficient (Wildman–Crippen LogP) is 2.71. The highest BCUT2D eigenvalue weighted by Crippen LogP contribution is 2.31. The standard InChI is InChI=1S/C13H23BrN2O3S2/c1-10(2)19-7-5-4-6-16-21(17,18)12-8-11(9-15-3)20-13(12)14/h8,10,15-16H,4-7,9H2,1-3H3. The van der Waals surface area contributed by atoms with E-state index in [4.69, 9.17) is 4.74 Å². The number of rotatable bonds is 10. The van der Waals surface area contributed by atoms with Crippen LogP contribution in [0.1, 0.15) is 31.6 Å². The average Bonchev–Trinajstić information content (AvgIpc) is 2.75. The van der Waals surface area contributed by atoms with E-state index in [0.717, 1.165) is 17.7 Å². The summed E-state index contributed by atoms with van der Waals surface area (Å²) in [5.41, 5.74) is 0. The van der Waals surface area contributed by atoms with E-state index in [-0.39, 0.29) is 6.10 Å². The molecule has 5 nitrogen and oxygen atoms in total. The lowest BCUT2D eigenvalue weighted by Crippen LogP contribution is -2.25. The van der Waals surface area contributed by atoms with Gasteiger partial charge in [0.05, 0.1) is 9.89 Å². The number of halogens is 1. The number of nitrogens with one attached hydrogen (secondary N) is 2. The zero-order valence-electron chi connectivity index (χ0n) is 12.6. The Hall–Kier alpha value is 0.01000. The molecule has 8 heteroatoms. The van der Waals surface area contributed by atoms with Crippen LogP contribution in [-0.4, -0.2) is 34.7 Å². The monoisotopic (exact) mass is 398 g/mol. The Morgan fingerprint density at radius 3 is 2.71 bits per heavy atom. The molecule has 0 aromatic carbocycles. The van der Waals surface area contributed by atoms with Gasteiger partial charge in [-0.2, -0.15) is 0 Å². The summed E-state index contributed by atoms with van der Waals surface area (Å²) < 4.78 is 33.1. The van der Waals surface area contributed by atoms with Crippen LogP contribution in [0.5, 0.6) is 0 Å². The Balaban J connectivity index is 2.46. The van der Waals surface area contributed by atoms with Gasteiger partial charge in [-0.1, -0.05) is 0 Å². The number of ether oxygens (including phenoxy) is 1. The second-order valence-electron chi connectivity index (χ2n) is 4.91. The molecule has 0 amide bonds. The summed E-state index contributed by atoms with van der Waals surface area (Å²) in [6.45, 7) is 5.71. The van der Waals surface area contributed by atoms with E-state index in [1.54, 1.807) is 6.07 Å². The van der Waals surface area contributed by atoms with Crippen LogP contribution in [0.3, 0.4) is 0 Å². The van der Waals surface area contributed by atoms with E-state index in [2.05, 4.69) is 26.0 Å². The molecule has 0 saturated heterocycles. The molecule has 21 heavy (non-hydrogen) atoms. The summed E-state index contributed by atoms with van der Waals surface area (Å²) in [6.07, 6.45) is 1.82. The minimum atomic E-state index is -3.45. The molecule has 1 aromatic rings. The zero-order chi connectivity index (χ0) is 15.9. The fourth-order valence-corrected chi connectivity index (χ4v) is 5.44. The van der Waals surface area contributed by atoms with Crippen LogP contribution in [0.25, 0.3) is 0 Å². The fraction of sp³-hybridized carbons (Fsp3) is 0.692. The van der Waals surface area contributed by atoms with Crippen molar-refractivity contribution in [1.82, 2.24) is 10.0 Å². The topological polar surface area (TPSA) is 67.4 Å². The van der Waals surface area contributed by atoms with Crippen molar-refractivity contribution in [2.24, 2.45) is 0 Å². The van der Waals surface area contributed by atoms with Gasteiger partial charge in [0, 0.05) is 24.6 Å². The summed E-state index contributed by atoms with van der Waals surface area (Å²) in [7, 11) is -1.61. The van der Waals surface area contributed by atoms with Crippen molar-refractivity contribution in [3.05, 3.63) is 14.7 Å². The molecule has 1 rings (SSSR count). The molecule has 0 spiro atoms. The summed E-state index contributed by atoms with van der Waals surface area (Å²) in [5.74, 6) is 0. The maximum Gasteiger partial charge on any atom is 0.242 e. The lowest BCUT2D eigenvalue weighted by Gasteiger charge is -2.08. The Morgan fingerprint density at radius 2 is 2.10 bits per heavy atom. The van der Waals surface area contributed by atoms with E-state index in [9.17, 15) is 8.42 Å². The third-order valence-electron chi connectivity index (χ3n) is 2.66. The predicted molar refractivity (Wildman–Crippen MR) is 90.3 cm³/mol. The molecule has 0 atom stereocenters. The molecule has 0 aliphatic carbocycles. The van der Waals surface area contributed by atoms with Crippen molar-refractivity contribution < 1.29 is 13.2 Å². The van der Waals surface area contributed by atoms with E-state index in [0.29, 0.717) is 28.4 Å². The normalized spacial score (nSPS) is 12.2. The summed E-state index contributed by atoms with van der Waals surface area (Å²) >= 11 is 4.76. The van der Waals surface area contributed by atoms with Gasteiger partial charge < -0.3 is 10.1 Å². The number of hydrogen-bond acceptors (Lipinski definition) is 5. The summed E-state index contributed by atoms with van der Waals surface area (Å²) in [6, 6.07) is 1.70. The highest BCUT2D eigenvalue weighted by atomic mass is 79.9. The molecule has 0 radical (unpaired) electrons.